The molecule has 0 aromatic carbocycles. The van der Waals surface area contributed by atoms with Crippen LogP contribution < -0.4 is 5.32 Å². The third-order valence-electron chi connectivity index (χ3n) is 3.17. The fraction of sp³-hybridized carbons (Fsp3) is 0.444. The second-order valence-corrected chi connectivity index (χ2v) is 6.87. The van der Waals surface area contributed by atoms with E-state index in [9.17, 15) is 4.79 Å². The molecule has 130 valence electrons. The molecule has 2 rings (SSSR count). The highest BCUT2D eigenvalue weighted by atomic mass is 32.2. The van der Waals surface area contributed by atoms with Gasteiger partial charge in [0.15, 0.2) is 0 Å². The average Bonchev–Trinajstić information content (AvgIpc) is 3.09. The predicted octanol–water partition coefficient (Wildman–Crippen LogP) is 3.44. The Morgan fingerprint density at radius 3 is 2.83 bits per heavy atom. The molecule has 2 aromatic heterocycles. The number of amides is 1. The first-order valence-corrected chi connectivity index (χ1v) is 9.18. The number of furan rings is 1. The van der Waals surface area contributed by atoms with E-state index in [1.807, 2.05) is 30.3 Å². The van der Waals surface area contributed by atoms with Crippen LogP contribution in [-0.4, -0.2) is 29.9 Å². The molecule has 6 heteroatoms. The molecule has 0 radical (unpaired) electrons. The lowest BCUT2D eigenvalue weighted by atomic mass is 10.2. The van der Waals surface area contributed by atoms with Crippen molar-refractivity contribution in [2.24, 2.45) is 5.92 Å². The highest BCUT2D eigenvalue weighted by molar-refractivity contribution is 7.99. The molecule has 1 unspecified atom stereocenters. The van der Waals surface area contributed by atoms with Gasteiger partial charge in [-0.15, -0.1) is 11.8 Å². The molecule has 0 aliphatic carbocycles. The van der Waals surface area contributed by atoms with Crippen molar-refractivity contribution in [1.29, 1.82) is 0 Å². The number of hydrogen-bond acceptors (Lipinski definition) is 5. The lowest BCUT2D eigenvalue weighted by molar-refractivity contribution is -0.120. The first kappa shape index (κ1) is 18.5. The summed E-state index contributed by atoms with van der Waals surface area (Å²) in [6.07, 6.45) is 3.36. The number of thioether (sulfide) groups is 1. The lowest BCUT2D eigenvalue weighted by Crippen LogP contribution is -2.33. The van der Waals surface area contributed by atoms with Crippen molar-refractivity contribution in [3.05, 3.63) is 54.2 Å². The van der Waals surface area contributed by atoms with Gasteiger partial charge in [-0.05, 0) is 30.2 Å². The van der Waals surface area contributed by atoms with E-state index in [1.165, 1.54) is 11.8 Å². The van der Waals surface area contributed by atoms with E-state index < -0.39 is 0 Å². The monoisotopic (exact) mass is 348 g/mol. The van der Waals surface area contributed by atoms with Crippen molar-refractivity contribution >= 4 is 17.7 Å². The molecule has 0 spiro atoms. The average molecular weight is 348 g/mol. The SMILES string of the molecule is CC(C)COCC(NC(=O)CSCc1ccccn1)c1ccco1. The predicted molar refractivity (Wildman–Crippen MR) is 95.6 cm³/mol. The number of pyridine rings is 1. The Labute approximate surface area is 147 Å². The smallest absolute Gasteiger partial charge is 0.230 e. The molecule has 1 atom stereocenters. The van der Waals surface area contributed by atoms with Crippen LogP contribution in [0.5, 0.6) is 0 Å². The zero-order valence-corrected chi connectivity index (χ0v) is 14.9. The van der Waals surface area contributed by atoms with Crippen LogP contribution in [-0.2, 0) is 15.3 Å². The quantitative estimate of drug-likeness (QED) is 0.712. The Kier molecular flexibility index (Phi) is 7.85. The summed E-state index contributed by atoms with van der Waals surface area (Å²) in [5, 5.41) is 2.98. The number of carbonyl (C=O) groups is 1. The topological polar surface area (TPSA) is 64.4 Å². The Morgan fingerprint density at radius 1 is 1.29 bits per heavy atom. The van der Waals surface area contributed by atoms with E-state index in [0.717, 1.165) is 5.69 Å². The third kappa shape index (κ3) is 6.76. The summed E-state index contributed by atoms with van der Waals surface area (Å²) in [7, 11) is 0. The molecule has 0 fully saturated rings. The molecule has 0 aliphatic rings. The van der Waals surface area contributed by atoms with Crippen LogP contribution in [0.25, 0.3) is 0 Å². The summed E-state index contributed by atoms with van der Waals surface area (Å²) in [5.74, 6) is 2.21. The maximum Gasteiger partial charge on any atom is 0.230 e. The molecule has 1 N–H and O–H groups in total. The zero-order chi connectivity index (χ0) is 17.2. The summed E-state index contributed by atoms with van der Waals surface area (Å²) >= 11 is 1.54. The van der Waals surface area contributed by atoms with E-state index in [0.29, 0.717) is 36.4 Å². The van der Waals surface area contributed by atoms with Gasteiger partial charge in [-0.3, -0.25) is 9.78 Å². The van der Waals surface area contributed by atoms with E-state index in [4.69, 9.17) is 9.15 Å². The second kappa shape index (κ2) is 10.2. The van der Waals surface area contributed by atoms with Crippen LogP contribution in [0.2, 0.25) is 0 Å². The molecule has 5 nitrogen and oxygen atoms in total. The maximum atomic E-state index is 12.2. The van der Waals surface area contributed by atoms with Gasteiger partial charge in [0, 0.05) is 18.6 Å². The minimum atomic E-state index is -0.262. The number of hydrogen-bond donors (Lipinski definition) is 1. The number of nitrogens with one attached hydrogen (secondary N) is 1. The maximum absolute atomic E-state index is 12.2. The fourth-order valence-electron chi connectivity index (χ4n) is 2.07. The molecule has 24 heavy (non-hydrogen) atoms. The largest absolute Gasteiger partial charge is 0.467 e. The summed E-state index contributed by atoms with van der Waals surface area (Å²) < 4.78 is 11.1. The number of aromatic nitrogens is 1. The van der Waals surface area contributed by atoms with Gasteiger partial charge in [0.1, 0.15) is 11.8 Å². The first-order chi connectivity index (χ1) is 11.6. The second-order valence-electron chi connectivity index (χ2n) is 5.88. The fourth-order valence-corrected chi connectivity index (χ4v) is 2.82. The summed E-state index contributed by atoms with van der Waals surface area (Å²) in [6, 6.07) is 9.18. The van der Waals surface area contributed by atoms with Crippen molar-refractivity contribution < 1.29 is 13.9 Å². The van der Waals surface area contributed by atoms with Crippen molar-refractivity contribution in [2.75, 3.05) is 19.0 Å². The zero-order valence-electron chi connectivity index (χ0n) is 14.1. The number of ether oxygens (including phenoxy) is 1. The van der Waals surface area contributed by atoms with Gasteiger partial charge < -0.3 is 14.5 Å². The van der Waals surface area contributed by atoms with Crippen molar-refractivity contribution in [3.8, 4) is 0 Å². The number of carbonyl (C=O) groups excluding carboxylic acids is 1. The Balaban J connectivity index is 1.78. The molecule has 2 heterocycles. The highest BCUT2D eigenvalue weighted by Crippen LogP contribution is 2.16. The molecule has 1 amide bonds. The lowest BCUT2D eigenvalue weighted by Gasteiger charge is -2.17. The van der Waals surface area contributed by atoms with Crippen LogP contribution >= 0.6 is 11.8 Å². The minimum Gasteiger partial charge on any atom is -0.467 e. The van der Waals surface area contributed by atoms with Gasteiger partial charge in [0.25, 0.3) is 0 Å². The van der Waals surface area contributed by atoms with E-state index in [-0.39, 0.29) is 11.9 Å². The van der Waals surface area contributed by atoms with Crippen LogP contribution in [0.15, 0.2) is 47.2 Å². The first-order valence-electron chi connectivity index (χ1n) is 8.03. The molecule has 0 aliphatic heterocycles. The number of nitrogens with zero attached hydrogens (tertiary/aromatic N) is 1. The van der Waals surface area contributed by atoms with Crippen molar-refractivity contribution in [1.82, 2.24) is 10.3 Å². The summed E-state index contributed by atoms with van der Waals surface area (Å²) in [5.41, 5.74) is 0.971. The minimum absolute atomic E-state index is 0.0366. The molecule has 0 saturated heterocycles. The van der Waals surface area contributed by atoms with Gasteiger partial charge in [-0.1, -0.05) is 19.9 Å². The Bertz CT molecular complexity index is 588. The molecule has 0 bridgehead atoms. The van der Waals surface area contributed by atoms with E-state index in [2.05, 4.69) is 24.1 Å². The standard InChI is InChI=1S/C18H24N2O3S/c1-14(2)10-22-11-16(17-7-5-9-23-17)20-18(21)13-24-12-15-6-3-4-8-19-15/h3-9,14,16H,10-13H2,1-2H3,(H,20,21). The molecule has 2 aromatic rings. The van der Waals surface area contributed by atoms with Crippen LogP contribution in [0.1, 0.15) is 31.3 Å². The van der Waals surface area contributed by atoms with Gasteiger partial charge in [-0.25, -0.2) is 0 Å². The Hall–Kier alpha value is -1.79. The van der Waals surface area contributed by atoms with E-state index >= 15 is 0 Å². The highest BCUT2D eigenvalue weighted by Gasteiger charge is 2.17. The van der Waals surface area contributed by atoms with Crippen LogP contribution in [0, 0.1) is 5.92 Å². The van der Waals surface area contributed by atoms with Crippen molar-refractivity contribution in [3.63, 3.8) is 0 Å². The normalized spacial score (nSPS) is 12.3. The van der Waals surface area contributed by atoms with Crippen LogP contribution in [0.4, 0.5) is 0 Å². The summed E-state index contributed by atoms with van der Waals surface area (Å²) in [6.45, 7) is 5.24. The van der Waals surface area contributed by atoms with Crippen LogP contribution in [0.3, 0.4) is 0 Å². The third-order valence-corrected chi connectivity index (χ3v) is 4.13. The number of rotatable bonds is 10. The van der Waals surface area contributed by atoms with Gasteiger partial charge in [-0.2, -0.15) is 0 Å². The molecular formula is C18H24N2O3S. The van der Waals surface area contributed by atoms with Gasteiger partial charge in [0.2, 0.25) is 5.91 Å². The summed E-state index contributed by atoms with van der Waals surface area (Å²) in [4.78, 5) is 16.4. The van der Waals surface area contributed by atoms with Gasteiger partial charge in [0.05, 0.1) is 24.3 Å². The van der Waals surface area contributed by atoms with E-state index in [1.54, 1.807) is 12.5 Å². The Morgan fingerprint density at radius 2 is 2.17 bits per heavy atom. The molecule has 0 saturated carbocycles. The van der Waals surface area contributed by atoms with Crippen molar-refractivity contribution in [2.45, 2.75) is 25.6 Å². The molecular weight excluding hydrogens is 324 g/mol. The van der Waals surface area contributed by atoms with Gasteiger partial charge >= 0.3 is 0 Å².